The Labute approximate surface area is 93.6 Å². The molecule has 1 rings (SSSR count). The van der Waals surface area contributed by atoms with E-state index in [0.29, 0.717) is 6.04 Å². The molecule has 0 bridgehead atoms. The Balaban J connectivity index is 2.50. The molecule has 1 atom stereocenters. The highest BCUT2D eigenvalue weighted by Gasteiger charge is 2.24. The topological polar surface area (TPSA) is 6.48 Å². The Kier molecular flexibility index (Phi) is 5.26. The SMILES string of the molecule is C#CCN1CCN(CC#C)[C@@H](CCC)C1. The van der Waals surface area contributed by atoms with E-state index in [2.05, 4.69) is 28.6 Å². The van der Waals surface area contributed by atoms with Gasteiger partial charge in [-0.15, -0.1) is 12.8 Å². The molecule has 0 aliphatic carbocycles. The van der Waals surface area contributed by atoms with Crippen molar-refractivity contribution in [1.82, 2.24) is 9.80 Å². The molecule has 0 aromatic heterocycles. The number of hydrogen-bond donors (Lipinski definition) is 0. The molecule has 15 heavy (non-hydrogen) atoms. The summed E-state index contributed by atoms with van der Waals surface area (Å²) < 4.78 is 0. The Morgan fingerprint density at radius 1 is 1.20 bits per heavy atom. The van der Waals surface area contributed by atoms with Crippen molar-refractivity contribution < 1.29 is 0 Å². The number of nitrogens with zero attached hydrogens (tertiary/aromatic N) is 2. The summed E-state index contributed by atoms with van der Waals surface area (Å²) in [6, 6.07) is 0.591. The predicted molar refractivity (Wildman–Crippen MR) is 64.4 cm³/mol. The molecule has 0 aromatic carbocycles. The number of hydrogen-bond acceptors (Lipinski definition) is 2. The van der Waals surface area contributed by atoms with Crippen LogP contribution in [-0.4, -0.2) is 48.6 Å². The van der Waals surface area contributed by atoms with Crippen LogP contribution in [0.5, 0.6) is 0 Å². The van der Waals surface area contributed by atoms with Crippen LogP contribution in [0.1, 0.15) is 19.8 Å². The Hall–Kier alpha value is -0.960. The minimum absolute atomic E-state index is 0.591. The summed E-state index contributed by atoms with van der Waals surface area (Å²) in [5.74, 6) is 5.45. The van der Waals surface area contributed by atoms with Gasteiger partial charge < -0.3 is 0 Å². The largest absolute Gasteiger partial charge is 0.290 e. The van der Waals surface area contributed by atoms with Gasteiger partial charge in [-0.25, -0.2) is 0 Å². The minimum Gasteiger partial charge on any atom is -0.290 e. The van der Waals surface area contributed by atoms with Crippen molar-refractivity contribution in [3.8, 4) is 24.7 Å². The minimum atomic E-state index is 0.591. The Morgan fingerprint density at radius 3 is 2.53 bits per heavy atom. The molecule has 0 amide bonds. The maximum Gasteiger partial charge on any atom is 0.0602 e. The lowest BCUT2D eigenvalue weighted by Gasteiger charge is -2.40. The van der Waals surface area contributed by atoms with Crippen LogP contribution in [0.3, 0.4) is 0 Å². The van der Waals surface area contributed by atoms with Gasteiger partial charge in [0.15, 0.2) is 0 Å². The zero-order valence-electron chi connectivity index (χ0n) is 9.58. The molecule has 0 unspecified atom stereocenters. The molecular weight excluding hydrogens is 184 g/mol. The first-order valence-electron chi connectivity index (χ1n) is 5.65. The number of piperazine rings is 1. The maximum absolute atomic E-state index is 5.37. The summed E-state index contributed by atoms with van der Waals surface area (Å²) in [6.07, 6.45) is 13.1. The van der Waals surface area contributed by atoms with E-state index in [0.717, 1.165) is 32.7 Å². The summed E-state index contributed by atoms with van der Waals surface area (Å²) in [6.45, 7) is 6.93. The monoisotopic (exact) mass is 204 g/mol. The smallest absolute Gasteiger partial charge is 0.0602 e. The van der Waals surface area contributed by atoms with Crippen LogP contribution >= 0.6 is 0 Å². The van der Waals surface area contributed by atoms with Gasteiger partial charge in [-0.05, 0) is 6.42 Å². The van der Waals surface area contributed by atoms with Crippen LogP contribution in [0.25, 0.3) is 0 Å². The molecule has 0 spiro atoms. The van der Waals surface area contributed by atoms with Crippen molar-refractivity contribution in [2.45, 2.75) is 25.8 Å². The van der Waals surface area contributed by atoms with E-state index in [1.54, 1.807) is 0 Å². The van der Waals surface area contributed by atoms with Crippen molar-refractivity contribution in [2.24, 2.45) is 0 Å². The fraction of sp³-hybridized carbons (Fsp3) is 0.692. The van der Waals surface area contributed by atoms with E-state index in [4.69, 9.17) is 12.8 Å². The first-order valence-corrected chi connectivity index (χ1v) is 5.65. The summed E-state index contributed by atoms with van der Waals surface area (Å²) in [5, 5.41) is 0. The van der Waals surface area contributed by atoms with E-state index in [9.17, 15) is 0 Å². The summed E-state index contributed by atoms with van der Waals surface area (Å²) in [5.41, 5.74) is 0. The third-order valence-corrected chi connectivity index (χ3v) is 2.92. The fourth-order valence-electron chi connectivity index (χ4n) is 2.16. The van der Waals surface area contributed by atoms with Crippen molar-refractivity contribution in [1.29, 1.82) is 0 Å². The zero-order valence-corrected chi connectivity index (χ0v) is 9.58. The van der Waals surface area contributed by atoms with Crippen LogP contribution in [-0.2, 0) is 0 Å². The second kappa shape index (κ2) is 6.51. The van der Waals surface area contributed by atoms with Crippen LogP contribution < -0.4 is 0 Å². The van der Waals surface area contributed by atoms with Gasteiger partial charge in [0.25, 0.3) is 0 Å². The molecule has 1 aliphatic heterocycles. The molecule has 1 heterocycles. The highest BCUT2D eigenvalue weighted by Crippen LogP contribution is 2.13. The van der Waals surface area contributed by atoms with Crippen LogP contribution in [0.4, 0.5) is 0 Å². The highest BCUT2D eigenvalue weighted by molar-refractivity contribution is 4.96. The van der Waals surface area contributed by atoms with Crippen LogP contribution in [0.15, 0.2) is 0 Å². The van der Waals surface area contributed by atoms with Gasteiger partial charge in [-0.1, -0.05) is 25.2 Å². The highest BCUT2D eigenvalue weighted by atomic mass is 15.3. The van der Waals surface area contributed by atoms with Crippen molar-refractivity contribution >= 4 is 0 Å². The molecule has 2 heteroatoms. The van der Waals surface area contributed by atoms with Gasteiger partial charge in [0.2, 0.25) is 0 Å². The lowest BCUT2D eigenvalue weighted by Crippen LogP contribution is -2.53. The lowest BCUT2D eigenvalue weighted by molar-refractivity contribution is 0.0889. The summed E-state index contributed by atoms with van der Waals surface area (Å²) in [7, 11) is 0. The predicted octanol–water partition coefficient (Wildman–Crippen LogP) is 1.04. The molecule has 0 N–H and O–H groups in total. The maximum atomic E-state index is 5.37. The normalized spacial score (nSPS) is 23.3. The molecule has 82 valence electrons. The average Bonchev–Trinajstić information content (AvgIpc) is 2.23. The molecular formula is C13H20N2. The number of terminal acetylenes is 2. The first kappa shape index (κ1) is 12.1. The van der Waals surface area contributed by atoms with Gasteiger partial charge >= 0.3 is 0 Å². The first-order chi connectivity index (χ1) is 7.31. The van der Waals surface area contributed by atoms with Crippen molar-refractivity contribution in [3.63, 3.8) is 0 Å². The molecule has 0 aromatic rings. The van der Waals surface area contributed by atoms with Crippen LogP contribution in [0, 0.1) is 24.7 Å². The van der Waals surface area contributed by atoms with E-state index >= 15 is 0 Å². The van der Waals surface area contributed by atoms with Gasteiger partial charge in [0.1, 0.15) is 0 Å². The Bertz CT molecular complexity index is 259. The van der Waals surface area contributed by atoms with Gasteiger partial charge in [0.05, 0.1) is 13.1 Å². The van der Waals surface area contributed by atoms with E-state index in [1.807, 2.05) is 0 Å². The second-order valence-corrected chi connectivity index (χ2v) is 4.06. The molecule has 0 saturated carbocycles. The van der Waals surface area contributed by atoms with Crippen molar-refractivity contribution in [3.05, 3.63) is 0 Å². The van der Waals surface area contributed by atoms with Gasteiger partial charge in [-0.2, -0.15) is 0 Å². The number of rotatable bonds is 4. The zero-order chi connectivity index (χ0) is 11.1. The molecule has 1 aliphatic rings. The van der Waals surface area contributed by atoms with E-state index in [-0.39, 0.29) is 0 Å². The lowest BCUT2D eigenvalue weighted by atomic mass is 10.1. The molecule has 1 saturated heterocycles. The van der Waals surface area contributed by atoms with Gasteiger partial charge in [0, 0.05) is 25.7 Å². The third-order valence-electron chi connectivity index (χ3n) is 2.92. The van der Waals surface area contributed by atoms with E-state index < -0.39 is 0 Å². The average molecular weight is 204 g/mol. The standard InChI is InChI=1S/C13H20N2/c1-4-7-13-12-14(8-5-2)10-11-15(13)9-6-3/h2-3,13H,4,7-12H2,1H3/t13-/m0/s1. The molecule has 2 nitrogen and oxygen atoms in total. The molecule has 0 radical (unpaired) electrons. The Morgan fingerprint density at radius 2 is 1.93 bits per heavy atom. The third kappa shape index (κ3) is 3.59. The van der Waals surface area contributed by atoms with E-state index in [1.165, 1.54) is 12.8 Å². The second-order valence-electron chi connectivity index (χ2n) is 4.06. The fourth-order valence-corrected chi connectivity index (χ4v) is 2.16. The molecule has 1 fully saturated rings. The van der Waals surface area contributed by atoms with Crippen molar-refractivity contribution in [2.75, 3.05) is 32.7 Å². The summed E-state index contributed by atoms with van der Waals surface area (Å²) in [4.78, 5) is 4.74. The summed E-state index contributed by atoms with van der Waals surface area (Å²) >= 11 is 0. The van der Waals surface area contributed by atoms with Gasteiger partial charge in [-0.3, -0.25) is 9.80 Å². The van der Waals surface area contributed by atoms with Crippen LogP contribution in [0.2, 0.25) is 0 Å². The quantitative estimate of drug-likeness (QED) is 0.631.